The van der Waals surface area contributed by atoms with Crippen LogP contribution >= 0.6 is 11.6 Å². The molecule has 6 heteroatoms. The SMILES string of the molecule is O=C([C@@H]1CC(=O)N(c2ccccc2Cl)C1)N1CCCNCC1. The number of nitrogens with zero attached hydrogens (tertiary/aromatic N) is 2. The lowest BCUT2D eigenvalue weighted by Gasteiger charge is -2.23. The van der Waals surface area contributed by atoms with Crippen molar-refractivity contribution in [3.05, 3.63) is 29.3 Å². The first-order chi connectivity index (χ1) is 10.7. The van der Waals surface area contributed by atoms with Crippen molar-refractivity contribution in [1.82, 2.24) is 10.2 Å². The minimum Gasteiger partial charge on any atom is -0.341 e. The first-order valence-electron chi connectivity index (χ1n) is 7.71. The lowest BCUT2D eigenvalue weighted by atomic mass is 10.1. The Morgan fingerprint density at radius 3 is 2.86 bits per heavy atom. The lowest BCUT2D eigenvalue weighted by molar-refractivity contribution is -0.135. The molecule has 0 spiro atoms. The number of amides is 2. The van der Waals surface area contributed by atoms with Gasteiger partial charge in [0.25, 0.3) is 0 Å². The molecule has 118 valence electrons. The van der Waals surface area contributed by atoms with Gasteiger partial charge in [-0.1, -0.05) is 23.7 Å². The highest BCUT2D eigenvalue weighted by atomic mass is 35.5. The van der Waals surface area contributed by atoms with Gasteiger partial charge in [0.15, 0.2) is 0 Å². The van der Waals surface area contributed by atoms with Gasteiger partial charge in [0.1, 0.15) is 0 Å². The topological polar surface area (TPSA) is 52.7 Å². The van der Waals surface area contributed by atoms with E-state index in [1.165, 1.54) is 0 Å². The van der Waals surface area contributed by atoms with Crippen molar-refractivity contribution in [2.24, 2.45) is 5.92 Å². The van der Waals surface area contributed by atoms with Crippen molar-refractivity contribution in [1.29, 1.82) is 0 Å². The van der Waals surface area contributed by atoms with Crippen LogP contribution < -0.4 is 10.2 Å². The minimum atomic E-state index is -0.262. The predicted octanol–water partition coefficient (Wildman–Crippen LogP) is 1.51. The third-order valence-corrected chi connectivity index (χ3v) is 4.59. The van der Waals surface area contributed by atoms with Crippen LogP contribution in [0.1, 0.15) is 12.8 Å². The van der Waals surface area contributed by atoms with Crippen LogP contribution in [0.15, 0.2) is 24.3 Å². The van der Waals surface area contributed by atoms with E-state index in [1.807, 2.05) is 23.1 Å². The number of halogens is 1. The van der Waals surface area contributed by atoms with Crippen LogP contribution in [0.5, 0.6) is 0 Å². The first-order valence-corrected chi connectivity index (χ1v) is 8.09. The van der Waals surface area contributed by atoms with Gasteiger partial charge < -0.3 is 15.1 Å². The molecule has 2 amide bonds. The fourth-order valence-corrected chi connectivity index (χ4v) is 3.34. The lowest BCUT2D eigenvalue weighted by Crippen LogP contribution is -2.39. The van der Waals surface area contributed by atoms with Crippen molar-refractivity contribution in [3.8, 4) is 0 Å². The molecule has 2 fully saturated rings. The summed E-state index contributed by atoms with van der Waals surface area (Å²) in [5.41, 5.74) is 0.696. The Bertz CT molecular complexity index is 570. The molecular formula is C16H20ClN3O2. The molecule has 0 bridgehead atoms. The summed E-state index contributed by atoms with van der Waals surface area (Å²) in [6.45, 7) is 3.67. The average molecular weight is 322 g/mol. The van der Waals surface area contributed by atoms with Crippen LogP contribution in [-0.2, 0) is 9.59 Å². The molecule has 1 atom stereocenters. The minimum absolute atomic E-state index is 0.0283. The molecule has 1 aromatic rings. The Balaban J connectivity index is 1.71. The number of benzene rings is 1. The van der Waals surface area contributed by atoms with Gasteiger partial charge in [0, 0.05) is 32.6 Å². The van der Waals surface area contributed by atoms with E-state index in [1.54, 1.807) is 11.0 Å². The van der Waals surface area contributed by atoms with Gasteiger partial charge in [-0.15, -0.1) is 0 Å². The highest BCUT2D eigenvalue weighted by Crippen LogP contribution is 2.31. The largest absolute Gasteiger partial charge is 0.341 e. The summed E-state index contributed by atoms with van der Waals surface area (Å²) >= 11 is 6.17. The first kappa shape index (κ1) is 15.3. The maximum atomic E-state index is 12.6. The van der Waals surface area contributed by atoms with Crippen LogP contribution in [0.3, 0.4) is 0 Å². The highest BCUT2D eigenvalue weighted by molar-refractivity contribution is 6.33. The fraction of sp³-hybridized carbons (Fsp3) is 0.500. The van der Waals surface area contributed by atoms with Crippen molar-refractivity contribution < 1.29 is 9.59 Å². The monoisotopic (exact) mass is 321 g/mol. The maximum Gasteiger partial charge on any atom is 0.228 e. The molecule has 2 heterocycles. The number of anilines is 1. The van der Waals surface area contributed by atoms with Gasteiger partial charge in [0.2, 0.25) is 11.8 Å². The quantitative estimate of drug-likeness (QED) is 0.898. The van der Waals surface area contributed by atoms with Crippen molar-refractivity contribution >= 4 is 29.1 Å². The van der Waals surface area contributed by atoms with Crippen LogP contribution in [-0.4, -0.2) is 49.4 Å². The fourth-order valence-electron chi connectivity index (χ4n) is 3.10. The molecule has 2 aliphatic heterocycles. The summed E-state index contributed by atoms with van der Waals surface area (Å²) < 4.78 is 0. The number of hydrogen-bond donors (Lipinski definition) is 1. The Hall–Kier alpha value is -1.59. The van der Waals surface area contributed by atoms with Gasteiger partial charge in [-0.3, -0.25) is 9.59 Å². The molecule has 3 rings (SSSR count). The van der Waals surface area contributed by atoms with Crippen molar-refractivity contribution in [2.75, 3.05) is 37.6 Å². The molecule has 2 aliphatic rings. The van der Waals surface area contributed by atoms with E-state index in [0.717, 1.165) is 32.6 Å². The second-order valence-electron chi connectivity index (χ2n) is 5.79. The smallest absolute Gasteiger partial charge is 0.228 e. The number of para-hydroxylation sites is 1. The molecule has 1 aromatic carbocycles. The van der Waals surface area contributed by atoms with Gasteiger partial charge >= 0.3 is 0 Å². The maximum absolute atomic E-state index is 12.6. The van der Waals surface area contributed by atoms with E-state index in [2.05, 4.69) is 5.32 Å². The van der Waals surface area contributed by atoms with E-state index in [0.29, 0.717) is 17.3 Å². The number of nitrogens with one attached hydrogen (secondary N) is 1. The zero-order valence-electron chi connectivity index (χ0n) is 12.4. The standard InChI is InChI=1S/C16H20ClN3O2/c17-13-4-1-2-5-14(13)20-11-12(10-15(20)21)16(22)19-8-3-6-18-7-9-19/h1-2,4-5,12,18H,3,6-11H2/t12-/m1/s1. The third kappa shape index (κ3) is 3.10. The van der Waals surface area contributed by atoms with Gasteiger partial charge in [-0.25, -0.2) is 0 Å². The Kier molecular flexibility index (Phi) is 4.64. The van der Waals surface area contributed by atoms with E-state index < -0.39 is 0 Å². The normalized spacial score (nSPS) is 22.8. The highest BCUT2D eigenvalue weighted by Gasteiger charge is 2.37. The molecule has 1 N–H and O–H groups in total. The summed E-state index contributed by atoms with van der Waals surface area (Å²) in [7, 11) is 0. The molecule has 0 unspecified atom stereocenters. The molecule has 22 heavy (non-hydrogen) atoms. The Morgan fingerprint density at radius 1 is 1.23 bits per heavy atom. The van der Waals surface area contributed by atoms with E-state index in [9.17, 15) is 9.59 Å². The van der Waals surface area contributed by atoms with E-state index in [-0.39, 0.29) is 24.2 Å². The summed E-state index contributed by atoms with van der Waals surface area (Å²) in [5, 5.41) is 3.83. The van der Waals surface area contributed by atoms with Gasteiger partial charge in [0.05, 0.1) is 16.6 Å². The van der Waals surface area contributed by atoms with Crippen LogP contribution in [0, 0.1) is 5.92 Å². The zero-order chi connectivity index (χ0) is 15.5. The Labute approximate surface area is 135 Å². The summed E-state index contributed by atoms with van der Waals surface area (Å²) in [6.07, 6.45) is 1.23. The molecule has 0 aromatic heterocycles. The summed E-state index contributed by atoms with van der Waals surface area (Å²) in [6, 6.07) is 7.27. The van der Waals surface area contributed by atoms with Gasteiger partial charge in [-0.2, -0.15) is 0 Å². The number of carbonyl (C=O) groups excluding carboxylic acids is 2. The number of rotatable bonds is 2. The molecule has 5 nitrogen and oxygen atoms in total. The van der Waals surface area contributed by atoms with Gasteiger partial charge in [-0.05, 0) is 25.1 Å². The molecule has 0 saturated carbocycles. The zero-order valence-corrected chi connectivity index (χ0v) is 13.2. The third-order valence-electron chi connectivity index (χ3n) is 4.27. The number of carbonyl (C=O) groups is 2. The van der Waals surface area contributed by atoms with Crippen molar-refractivity contribution in [2.45, 2.75) is 12.8 Å². The number of hydrogen-bond acceptors (Lipinski definition) is 3. The summed E-state index contributed by atoms with van der Waals surface area (Å²) in [5.74, 6) is -0.201. The Morgan fingerprint density at radius 2 is 2.05 bits per heavy atom. The predicted molar refractivity (Wildman–Crippen MR) is 86.0 cm³/mol. The van der Waals surface area contributed by atoms with E-state index in [4.69, 9.17) is 11.6 Å². The molecule has 2 saturated heterocycles. The molecule has 0 radical (unpaired) electrons. The second-order valence-corrected chi connectivity index (χ2v) is 6.19. The average Bonchev–Trinajstić information content (AvgIpc) is 2.74. The van der Waals surface area contributed by atoms with Crippen LogP contribution in [0.4, 0.5) is 5.69 Å². The second kappa shape index (κ2) is 6.67. The molecular weight excluding hydrogens is 302 g/mol. The van der Waals surface area contributed by atoms with Crippen molar-refractivity contribution in [3.63, 3.8) is 0 Å². The van der Waals surface area contributed by atoms with E-state index >= 15 is 0 Å². The van der Waals surface area contributed by atoms with Crippen LogP contribution in [0.25, 0.3) is 0 Å². The summed E-state index contributed by atoms with van der Waals surface area (Å²) in [4.78, 5) is 28.4. The molecule has 0 aliphatic carbocycles. The van der Waals surface area contributed by atoms with Crippen LogP contribution in [0.2, 0.25) is 5.02 Å².